The molecule has 4 rings (SSSR count). The van der Waals surface area contributed by atoms with Crippen molar-refractivity contribution in [1.82, 2.24) is 0 Å². The van der Waals surface area contributed by atoms with Gasteiger partial charge in [0.05, 0.1) is 10.3 Å². The molecule has 0 radical (unpaired) electrons. The lowest BCUT2D eigenvalue weighted by molar-refractivity contribution is -0.307. The molecule has 0 fully saturated rings. The average Bonchev–Trinajstić information content (AvgIpc) is 2.97. The molecule has 3 nitrogen and oxygen atoms in total. The molecule has 0 saturated heterocycles. The maximum Gasteiger partial charge on any atom is 0.268 e. The van der Waals surface area contributed by atoms with Gasteiger partial charge in [0.2, 0.25) is 5.52 Å². The molecule has 2 heterocycles. The van der Waals surface area contributed by atoms with Gasteiger partial charge in [-0.2, -0.15) is 4.98 Å². The van der Waals surface area contributed by atoms with Crippen LogP contribution in [0.3, 0.4) is 0 Å². The Hall–Kier alpha value is -2.79. The Morgan fingerprint density at radius 3 is 2.62 bits per heavy atom. The number of hydrogen-bond acceptors (Lipinski definition) is 2. The van der Waals surface area contributed by atoms with Gasteiger partial charge < -0.3 is 5.32 Å². The average molecular weight is 337 g/mol. The van der Waals surface area contributed by atoms with E-state index in [2.05, 4.69) is 34.6 Å². The Morgan fingerprint density at radius 1 is 1.04 bits per heavy atom. The molecule has 2 aromatic carbocycles. The van der Waals surface area contributed by atoms with E-state index in [-0.39, 0.29) is 11.7 Å². The highest BCUT2D eigenvalue weighted by Gasteiger charge is 2.15. The zero-order valence-corrected chi connectivity index (χ0v) is 13.7. The predicted molar refractivity (Wildman–Crippen MR) is 95.0 cm³/mol. The third-order valence-corrected chi connectivity index (χ3v) is 4.92. The second-order valence-corrected chi connectivity index (χ2v) is 6.77. The number of hydrogen-bond donors (Lipinski definition) is 1. The van der Waals surface area contributed by atoms with Crippen molar-refractivity contribution in [1.29, 1.82) is 0 Å². The van der Waals surface area contributed by atoms with Crippen LogP contribution >= 0.6 is 11.3 Å². The lowest BCUT2D eigenvalue weighted by Crippen LogP contribution is -2.09. The summed E-state index contributed by atoms with van der Waals surface area (Å²) in [6, 6.07) is 15.9. The van der Waals surface area contributed by atoms with E-state index in [0.717, 1.165) is 21.1 Å². The number of anilines is 1. The van der Waals surface area contributed by atoms with Crippen LogP contribution in [-0.4, -0.2) is 5.91 Å². The first-order valence-corrected chi connectivity index (χ1v) is 8.33. The molecular weight excluding hydrogens is 323 g/mol. The van der Waals surface area contributed by atoms with E-state index in [0.29, 0.717) is 10.6 Å². The van der Waals surface area contributed by atoms with Gasteiger partial charge in [0, 0.05) is 17.1 Å². The van der Waals surface area contributed by atoms with Gasteiger partial charge in [-0.3, -0.25) is 4.79 Å². The normalized spacial score (nSPS) is 11.1. The number of nitrogens with one attached hydrogen (secondary N) is 2. The van der Waals surface area contributed by atoms with Crippen molar-refractivity contribution >= 4 is 44.1 Å². The number of amides is 1. The number of benzene rings is 2. The Balaban J connectivity index is 1.69. The van der Waals surface area contributed by atoms with Gasteiger partial charge in [-0.25, -0.2) is 4.39 Å². The fourth-order valence-corrected chi connectivity index (χ4v) is 3.59. The zero-order chi connectivity index (χ0) is 16.7. The van der Waals surface area contributed by atoms with Crippen molar-refractivity contribution in [3.05, 3.63) is 70.9 Å². The smallest absolute Gasteiger partial charge is 0.268 e. The molecule has 118 valence electrons. The first kappa shape index (κ1) is 14.8. The molecule has 2 aromatic heterocycles. The molecule has 2 N–H and O–H groups in total. The minimum atomic E-state index is -0.327. The summed E-state index contributed by atoms with van der Waals surface area (Å²) in [4.78, 5) is 17.4. The summed E-state index contributed by atoms with van der Waals surface area (Å²) < 4.78 is 12.9. The summed E-state index contributed by atoms with van der Waals surface area (Å²) >= 11 is 1.41. The third kappa shape index (κ3) is 2.74. The number of carbonyl (C=O) groups is 1. The van der Waals surface area contributed by atoms with Crippen molar-refractivity contribution in [3.63, 3.8) is 0 Å². The molecule has 5 heteroatoms. The SMILES string of the molecule is Cc1ccc2cc3cc(C(=O)Nc4ccc(F)cc4)sc3[nH+]c2c1. The second kappa shape index (κ2) is 5.69. The van der Waals surface area contributed by atoms with Gasteiger partial charge in [-0.1, -0.05) is 17.4 Å². The summed E-state index contributed by atoms with van der Waals surface area (Å²) in [6.45, 7) is 2.05. The van der Waals surface area contributed by atoms with Crippen LogP contribution in [0.25, 0.3) is 21.1 Å². The summed E-state index contributed by atoms with van der Waals surface area (Å²) in [5.41, 5.74) is 2.81. The summed E-state index contributed by atoms with van der Waals surface area (Å²) in [5, 5.41) is 4.90. The van der Waals surface area contributed by atoms with Gasteiger partial charge in [0.15, 0.2) is 0 Å². The number of aromatic nitrogens is 1. The number of H-pyrrole nitrogens is 1. The minimum Gasteiger partial charge on any atom is -0.321 e. The Kier molecular flexibility index (Phi) is 3.50. The van der Waals surface area contributed by atoms with E-state index < -0.39 is 0 Å². The zero-order valence-electron chi connectivity index (χ0n) is 12.9. The topological polar surface area (TPSA) is 43.2 Å². The fraction of sp³-hybridized carbons (Fsp3) is 0.0526. The first-order valence-electron chi connectivity index (χ1n) is 7.52. The molecule has 0 unspecified atom stereocenters. The monoisotopic (exact) mass is 337 g/mol. The third-order valence-electron chi connectivity index (χ3n) is 3.85. The number of aryl methyl sites for hydroxylation is 1. The first-order chi connectivity index (χ1) is 11.6. The Bertz CT molecular complexity index is 1070. The summed E-state index contributed by atoms with van der Waals surface area (Å²) in [5.74, 6) is -0.525. The highest BCUT2D eigenvalue weighted by Crippen LogP contribution is 2.26. The molecule has 0 aliphatic rings. The second-order valence-electron chi connectivity index (χ2n) is 5.72. The van der Waals surface area contributed by atoms with E-state index in [4.69, 9.17) is 0 Å². The van der Waals surface area contributed by atoms with Crippen molar-refractivity contribution < 1.29 is 14.2 Å². The number of carbonyl (C=O) groups excluding carboxylic acids is 1. The predicted octanol–water partition coefficient (Wildman–Crippen LogP) is 4.57. The van der Waals surface area contributed by atoms with Crippen LogP contribution in [0.4, 0.5) is 10.1 Å². The van der Waals surface area contributed by atoms with E-state index in [1.807, 2.05) is 13.0 Å². The molecule has 0 saturated carbocycles. The maximum absolute atomic E-state index is 12.9. The van der Waals surface area contributed by atoms with Crippen molar-refractivity contribution in [2.45, 2.75) is 6.92 Å². The van der Waals surface area contributed by atoms with Crippen LogP contribution in [0.1, 0.15) is 15.2 Å². The number of rotatable bonds is 2. The van der Waals surface area contributed by atoms with Crippen LogP contribution in [0.15, 0.2) is 54.6 Å². The van der Waals surface area contributed by atoms with Crippen molar-refractivity contribution in [3.8, 4) is 0 Å². The quantitative estimate of drug-likeness (QED) is 0.572. The number of aromatic amines is 1. The minimum absolute atomic E-state index is 0.198. The highest BCUT2D eigenvalue weighted by molar-refractivity contribution is 7.20. The molecule has 0 aliphatic heterocycles. The van der Waals surface area contributed by atoms with Crippen molar-refractivity contribution in [2.75, 3.05) is 5.32 Å². The van der Waals surface area contributed by atoms with Crippen LogP contribution in [0, 0.1) is 12.7 Å². The molecule has 4 aromatic rings. The summed E-state index contributed by atoms with van der Waals surface area (Å²) in [6.07, 6.45) is 0. The van der Waals surface area contributed by atoms with Gasteiger partial charge >= 0.3 is 0 Å². The molecular formula is C19H14FN2OS+. The molecule has 1 amide bonds. The molecule has 0 bridgehead atoms. The standard InChI is InChI=1S/C19H13FN2OS/c1-11-2-3-12-9-13-10-17(24-19(13)22-16(12)8-11)18(23)21-15-6-4-14(20)5-7-15/h2-10H,1H3,(H,21,23)/p+1. The van der Waals surface area contributed by atoms with Crippen LogP contribution in [0.2, 0.25) is 0 Å². The van der Waals surface area contributed by atoms with Crippen LogP contribution < -0.4 is 10.3 Å². The van der Waals surface area contributed by atoms with Gasteiger partial charge in [-0.05, 0) is 55.0 Å². The largest absolute Gasteiger partial charge is 0.321 e. The van der Waals surface area contributed by atoms with Gasteiger partial charge in [0.25, 0.3) is 10.7 Å². The molecule has 24 heavy (non-hydrogen) atoms. The lowest BCUT2D eigenvalue weighted by atomic mass is 10.1. The lowest BCUT2D eigenvalue weighted by Gasteiger charge is -2.02. The number of pyridine rings is 1. The Labute approximate surface area is 141 Å². The molecule has 0 atom stereocenters. The molecule has 0 spiro atoms. The van der Waals surface area contributed by atoms with Crippen LogP contribution in [0.5, 0.6) is 0 Å². The number of halogens is 1. The van der Waals surface area contributed by atoms with Gasteiger partial charge in [-0.15, -0.1) is 0 Å². The number of thiophene rings is 1. The van der Waals surface area contributed by atoms with E-state index in [1.165, 1.54) is 29.0 Å². The Morgan fingerprint density at radius 2 is 1.83 bits per heavy atom. The summed E-state index contributed by atoms with van der Waals surface area (Å²) in [7, 11) is 0. The highest BCUT2D eigenvalue weighted by atomic mass is 32.1. The van der Waals surface area contributed by atoms with E-state index >= 15 is 0 Å². The fourth-order valence-electron chi connectivity index (χ4n) is 2.64. The van der Waals surface area contributed by atoms with Gasteiger partial charge in [0.1, 0.15) is 5.82 Å². The van der Waals surface area contributed by atoms with E-state index in [1.54, 1.807) is 12.1 Å². The molecule has 0 aliphatic carbocycles. The van der Waals surface area contributed by atoms with Crippen LogP contribution in [-0.2, 0) is 0 Å². The maximum atomic E-state index is 12.9. The number of fused-ring (bicyclic) bond motifs is 2. The van der Waals surface area contributed by atoms with E-state index in [9.17, 15) is 9.18 Å². The van der Waals surface area contributed by atoms with Crippen molar-refractivity contribution in [2.24, 2.45) is 0 Å².